The minimum atomic E-state index is -0.293. The number of rotatable bonds is 9. The Balaban J connectivity index is 3.82. The first-order chi connectivity index (χ1) is 7.91. The third-order valence-corrected chi connectivity index (χ3v) is 3.30. The lowest BCUT2D eigenvalue weighted by molar-refractivity contribution is -0.157. The van der Waals surface area contributed by atoms with Crippen molar-refractivity contribution in [2.45, 2.75) is 85.2 Å². The summed E-state index contributed by atoms with van der Waals surface area (Å²) in [7, 11) is 0. The third-order valence-electron chi connectivity index (χ3n) is 3.30. The molecule has 102 valence electrons. The molecule has 0 spiro atoms. The van der Waals surface area contributed by atoms with E-state index in [1.54, 1.807) is 0 Å². The Morgan fingerprint density at radius 2 is 1.88 bits per heavy atom. The first-order valence-electron chi connectivity index (χ1n) is 7.13. The normalized spacial score (nSPS) is 13.5. The number of carbonyl (C=O) groups excluding carboxylic acids is 1. The maximum absolute atomic E-state index is 11.5. The Morgan fingerprint density at radius 3 is 2.41 bits per heavy atom. The standard InChI is InChI=1S/C15H30O2/c1-6-8-11-14(16)17-15(4,5)12-9-10-13(3)7-2/h13H,6-12H2,1-5H3. The van der Waals surface area contributed by atoms with Gasteiger partial charge in [0.1, 0.15) is 5.60 Å². The van der Waals surface area contributed by atoms with Gasteiger partial charge in [0.25, 0.3) is 0 Å². The van der Waals surface area contributed by atoms with Crippen LogP contribution in [-0.2, 0) is 9.53 Å². The van der Waals surface area contributed by atoms with Crippen molar-refractivity contribution in [3.63, 3.8) is 0 Å². The molecule has 0 aromatic carbocycles. The highest BCUT2D eigenvalue weighted by Crippen LogP contribution is 2.21. The molecule has 2 heteroatoms. The van der Waals surface area contributed by atoms with Crippen LogP contribution in [0.25, 0.3) is 0 Å². The Labute approximate surface area is 107 Å². The number of hydrogen-bond donors (Lipinski definition) is 0. The van der Waals surface area contributed by atoms with Crippen molar-refractivity contribution in [3.8, 4) is 0 Å². The summed E-state index contributed by atoms with van der Waals surface area (Å²) in [5.74, 6) is 0.738. The molecule has 0 fully saturated rings. The van der Waals surface area contributed by atoms with Gasteiger partial charge in [-0.15, -0.1) is 0 Å². The van der Waals surface area contributed by atoms with Gasteiger partial charge in [0.05, 0.1) is 0 Å². The molecular weight excluding hydrogens is 212 g/mol. The summed E-state index contributed by atoms with van der Waals surface area (Å²) in [4.78, 5) is 11.5. The fourth-order valence-electron chi connectivity index (χ4n) is 1.81. The summed E-state index contributed by atoms with van der Waals surface area (Å²) >= 11 is 0. The van der Waals surface area contributed by atoms with Gasteiger partial charge in [0, 0.05) is 6.42 Å². The van der Waals surface area contributed by atoms with Crippen LogP contribution in [0.3, 0.4) is 0 Å². The second kappa shape index (κ2) is 8.54. The molecule has 0 rings (SSSR count). The third kappa shape index (κ3) is 9.20. The average Bonchev–Trinajstić information content (AvgIpc) is 2.25. The molecule has 0 saturated carbocycles. The largest absolute Gasteiger partial charge is 0.460 e. The molecule has 0 aromatic rings. The van der Waals surface area contributed by atoms with Crippen LogP contribution in [-0.4, -0.2) is 11.6 Å². The highest BCUT2D eigenvalue weighted by Gasteiger charge is 2.22. The molecule has 0 heterocycles. The molecule has 1 unspecified atom stereocenters. The van der Waals surface area contributed by atoms with Crippen molar-refractivity contribution in [1.82, 2.24) is 0 Å². The van der Waals surface area contributed by atoms with E-state index < -0.39 is 0 Å². The van der Waals surface area contributed by atoms with Gasteiger partial charge in [-0.25, -0.2) is 0 Å². The Bertz CT molecular complexity index is 209. The van der Waals surface area contributed by atoms with Gasteiger partial charge in [-0.3, -0.25) is 4.79 Å². The van der Waals surface area contributed by atoms with E-state index in [4.69, 9.17) is 4.74 Å². The molecule has 0 amide bonds. The van der Waals surface area contributed by atoms with E-state index in [0.717, 1.165) is 31.6 Å². The zero-order valence-electron chi connectivity index (χ0n) is 12.3. The fourth-order valence-corrected chi connectivity index (χ4v) is 1.81. The maximum Gasteiger partial charge on any atom is 0.306 e. The van der Waals surface area contributed by atoms with Crippen molar-refractivity contribution in [3.05, 3.63) is 0 Å². The van der Waals surface area contributed by atoms with Gasteiger partial charge >= 0.3 is 5.97 Å². The monoisotopic (exact) mass is 242 g/mol. The van der Waals surface area contributed by atoms with Gasteiger partial charge in [-0.05, 0) is 39.0 Å². The molecule has 0 bridgehead atoms. The summed E-state index contributed by atoms with van der Waals surface area (Å²) in [6.45, 7) is 10.6. The average molecular weight is 242 g/mol. The minimum Gasteiger partial charge on any atom is -0.460 e. The van der Waals surface area contributed by atoms with Gasteiger partial charge in [0.2, 0.25) is 0 Å². The number of hydrogen-bond acceptors (Lipinski definition) is 2. The molecule has 17 heavy (non-hydrogen) atoms. The van der Waals surface area contributed by atoms with Crippen LogP contribution in [0, 0.1) is 5.92 Å². The van der Waals surface area contributed by atoms with Gasteiger partial charge < -0.3 is 4.74 Å². The summed E-state index contributed by atoms with van der Waals surface area (Å²) in [5, 5.41) is 0. The van der Waals surface area contributed by atoms with E-state index in [2.05, 4.69) is 20.8 Å². The zero-order chi connectivity index (χ0) is 13.3. The lowest BCUT2D eigenvalue weighted by atomic mass is 9.95. The lowest BCUT2D eigenvalue weighted by Crippen LogP contribution is -2.28. The Kier molecular flexibility index (Phi) is 8.28. The van der Waals surface area contributed by atoms with Crippen molar-refractivity contribution in [2.24, 2.45) is 5.92 Å². The number of carbonyl (C=O) groups is 1. The van der Waals surface area contributed by atoms with E-state index in [0.29, 0.717) is 6.42 Å². The van der Waals surface area contributed by atoms with Crippen molar-refractivity contribution in [2.75, 3.05) is 0 Å². The van der Waals surface area contributed by atoms with Gasteiger partial charge in [0.15, 0.2) is 0 Å². The summed E-state index contributed by atoms with van der Waals surface area (Å²) in [6.07, 6.45) is 7.11. The van der Waals surface area contributed by atoms with Crippen molar-refractivity contribution >= 4 is 5.97 Å². The highest BCUT2D eigenvalue weighted by atomic mass is 16.6. The summed E-state index contributed by atoms with van der Waals surface area (Å²) in [6, 6.07) is 0. The summed E-state index contributed by atoms with van der Waals surface area (Å²) in [5.41, 5.74) is -0.293. The molecule has 0 radical (unpaired) electrons. The lowest BCUT2D eigenvalue weighted by Gasteiger charge is -2.25. The first-order valence-corrected chi connectivity index (χ1v) is 7.13. The first kappa shape index (κ1) is 16.5. The maximum atomic E-state index is 11.5. The number of esters is 1. The molecule has 0 aromatic heterocycles. The van der Waals surface area contributed by atoms with Crippen LogP contribution < -0.4 is 0 Å². The zero-order valence-corrected chi connectivity index (χ0v) is 12.3. The number of ether oxygens (including phenoxy) is 1. The molecule has 0 N–H and O–H groups in total. The second-order valence-corrected chi connectivity index (χ2v) is 5.74. The van der Waals surface area contributed by atoms with Crippen LogP contribution in [0.5, 0.6) is 0 Å². The molecular formula is C15H30O2. The van der Waals surface area contributed by atoms with Crippen molar-refractivity contribution < 1.29 is 9.53 Å². The Hall–Kier alpha value is -0.530. The van der Waals surface area contributed by atoms with E-state index >= 15 is 0 Å². The highest BCUT2D eigenvalue weighted by molar-refractivity contribution is 5.69. The van der Waals surface area contributed by atoms with Crippen LogP contribution in [0.15, 0.2) is 0 Å². The molecule has 0 aliphatic heterocycles. The Morgan fingerprint density at radius 1 is 1.24 bits per heavy atom. The quantitative estimate of drug-likeness (QED) is 0.547. The molecule has 2 nitrogen and oxygen atoms in total. The topological polar surface area (TPSA) is 26.3 Å². The van der Waals surface area contributed by atoms with E-state index in [1.165, 1.54) is 12.8 Å². The number of unbranched alkanes of at least 4 members (excludes halogenated alkanes) is 1. The fraction of sp³-hybridized carbons (Fsp3) is 0.933. The van der Waals surface area contributed by atoms with Gasteiger partial charge in [-0.1, -0.05) is 40.0 Å². The van der Waals surface area contributed by atoms with E-state index in [9.17, 15) is 4.79 Å². The molecule has 0 aliphatic rings. The minimum absolute atomic E-state index is 0.0413. The predicted octanol–water partition coefficient (Wildman–Crippen LogP) is 4.71. The smallest absolute Gasteiger partial charge is 0.306 e. The molecule has 0 saturated heterocycles. The van der Waals surface area contributed by atoms with E-state index in [1.807, 2.05) is 13.8 Å². The second-order valence-electron chi connectivity index (χ2n) is 5.74. The SMILES string of the molecule is CCCCC(=O)OC(C)(C)CCCC(C)CC. The van der Waals surface area contributed by atoms with Crippen LogP contribution >= 0.6 is 0 Å². The van der Waals surface area contributed by atoms with Gasteiger partial charge in [-0.2, -0.15) is 0 Å². The molecule has 0 aliphatic carbocycles. The van der Waals surface area contributed by atoms with E-state index in [-0.39, 0.29) is 11.6 Å². The van der Waals surface area contributed by atoms with Crippen LogP contribution in [0.1, 0.15) is 79.6 Å². The summed E-state index contributed by atoms with van der Waals surface area (Å²) < 4.78 is 5.52. The molecule has 1 atom stereocenters. The predicted molar refractivity (Wildman–Crippen MR) is 73.0 cm³/mol. The van der Waals surface area contributed by atoms with Crippen LogP contribution in [0.2, 0.25) is 0 Å². The van der Waals surface area contributed by atoms with Crippen LogP contribution in [0.4, 0.5) is 0 Å². The van der Waals surface area contributed by atoms with Crippen molar-refractivity contribution in [1.29, 1.82) is 0 Å².